The molecule has 2 aliphatic rings. The Morgan fingerprint density at radius 3 is 3.00 bits per heavy atom. The van der Waals surface area contributed by atoms with Gasteiger partial charge in [0, 0.05) is 0 Å². The third-order valence-electron chi connectivity index (χ3n) is 2.86. The molecule has 2 atom stereocenters. The molecule has 2 aliphatic heterocycles. The molecule has 0 fully saturated rings. The molecule has 18 heavy (non-hydrogen) atoms. The van der Waals surface area contributed by atoms with Crippen molar-refractivity contribution in [2.45, 2.75) is 18.2 Å². The summed E-state index contributed by atoms with van der Waals surface area (Å²) in [7, 11) is 0. The quantitative estimate of drug-likeness (QED) is 0.779. The maximum Gasteiger partial charge on any atom is 0.212 e. The lowest BCUT2D eigenvalue weighted by molar-refractivity contribution is 0.477. The molecule has 2 heterocycles. The Balaban J connectivity index is 1.84. The summed E-state index contributed by atoms with van der Waals surface area (Å²) in [5, 5.41) is 2.08. The number of benzene rings is 1. The first-order chi connectivity index (χ1) is 8.75. The van der Waals surface area contributed by atoms with E-state index >= 15 is 0 Å². The summed E-state index contributed by atoms with van der Waals surface area (Å²) in [5.74, 6) is 0.334. The maximum absolute atomic E-state index is 13.5. The number of thioether (sulfide) groups is 1. The SMILES string of the molecule is CC1=CSC2C(Oc3ccccc3F)=NC=NC12. The smallest absolute Gasteiger partial charge is 0.212 e. The van der Waals surface area contributed by atoms with E-state index in [-0.39, 0.29) is 22.9 Å². The van der Waals surface area contributed by atoms with Crippen molar-refractivity contribution in [1.82, 2.24) is 0 Å². The molecule has 3 rings (SSSR count). The minimum absolute atomic E-state index is 0.0228. The minimum Gasteiger partial charge on any atom is -0.439 e. The predicted octanol–water partition coefficient (Wildman–Crippen LogP) is 3.03. The van der Waals surface area contributed by atoms with Crippen LogP contribution in [0.25, 0.3) is 0 Å². The lowest BCUT2D eigenvalue weighted by atomic mass is 10.1. The van der Waals surface area contributed by atoms with Crippen LogP contribution in [-0.4, -0.2) is 23.5 Å². The molecule has 0 aromatic heterocycles. The molecule has 1 aromatic rings. The van der Waals surface area contributed by atoms with E-state index in [1.54, 1.807) is 30.0 Å². The molecule has 0 aliphatic carbocycles. The summed E-state index contributed by atoms with van der Waals surface area (Å²) in [5.41, 5.74) is 1.19. The standard InChI is InChI=1S/C13H11FN2OS/c1-8-6-18-12-11(8)15-7-16-13(12)17-10-5-3-2-4-9(10)14/h2-7,11-12H,1H3. The molecule has 0 spiro atoms. The molecule has 0 saturated heterocycles. The summed E-state index contributed by atoms with van der Waals surface area (Å²) < 4.78 is 19.1. The molecular formula is C13H11FN2OS. The monoisotopic (exact) mass is 262 g/mol. The van der Waals surface area contributed by atoms with E-state index in [1.807, 2.05) is 6.92 Å². The maximum atomic E-state index is 13.5. The number of hydrogen-bond donors (Lipinski definition) is 0. The van der Waals surface area contributed by atoms with Crippen LogP contribution in [0.2, 0.25) is 0 Å². The Morgan fingerprint density at radius 2 is 2.17 bits per heavy atom. The number of aliphatic imine (C=N–C) groups is 2. The lowest BCUT2D eigenvalue weighted by Crippen LogP contribution is -2.34. The van der Waals surface area contributed by atoms with Crippen molar-refractivity contribution in [1.29, 1.82) is 0 Å². The van der Waals surface area contributed by atoms with Crippen LogP contribution in [-0.2, 0) is 0 Å². The van der Waals surface area contributed by atoms with Gasteiger partial charge in [0.2, 0.25) is 5.90 Å². The molecule has 0 N–H and O–H groups in total. The fraction of sp³-hybridized carbons (Fsp3) is 0.231. The Kier molecular flexibility index (Phi) is 2.91. The second-order valence-corrected chi connectivity index (χ2v) is 5.14. The van der Waals surface area contributed by atoms with Crippen molar-refractivity contribution in [2.75, 3.05) is 0 Å². The minimum atomic E-state index is -0.382. The fourth-order valence-electron chi connectivity index (χ4n) is 1.91. The van der Waals surface area contributed by atoms with Crippen LogP contribution in [0, 0.1) is 5.82 Å². The Bertz CT molecular complexity index is 568. The third-order valence-corrected chi connectivity index (χ3v) is 4.12. The highest BCUT2D eigenvalue weighted by Gasteiger charge is 2.35. The number of fused-ring (bicyclic) bond motifs is 1. The zero-order valence-corrected chi connectivity index (χ0v) is 10.5. The van der Waals surface area contributed by atoms with Crippen molar-refractivity contribution >= 4 is 24.0 Å². The van der Waals surface area contributed by atoms with E-state index < -0.39 is 0 Å². The first kappa shape index (κ1) is 11.5. The molecule has 2 unspecified atom stereocenters. The summed E-state index contributed by atoms with van der Waals surface area (Å²) in [6.07, 6.45) is 1.49. The van der Waals surface area contributed by atoms with Crippen molar-refractivity contribution in [3.05, 3.63) is 41.1 Å². The van der Waals surface area contributed by atoms with Gasteiger partial charge in [-0.15, -0.1) is 11.8 Å². The molecule has 0 radical (unpaired) electrons. The summed E-state index contributed by atoms with van der Waals surface area (Å²) in [4.78, 5) is 8.44. The zero-order chi connectivity index (χ0) is 12.5. The van der Waals surface area contributed by atoms with Crippen LogP contribution in [0.1, 0.15) is 6.92 Å². The van der Waals surface area contributed by atoms with Crippen molar-refractivity contribution in [2.24, 2.45) is 9.98 Å². The second kappa shape index (κ2) is 4.57. The first-order valence-corrected chi connectivity index (χ1v) is 6.54. The van der Waals surface area contributed by atoms with Gasteiger partial charge in [-0.1, -0.05) is 12.1 Å². The number of hydrogen-bond acceptors (Lipinski definition) is 4. The lowest BCUT2D eigenvalue weighted by Gasteiger charge is -2.21. The van der Waals surface area contributed by atoms with Crippen LogP contribution >= 0.6 is 11.8 Å². The van der Waals surface area contributed by atoms with Crippen LogP contribution in [0.5, 0.6) is 5.75 Å². The molecule has 5 heteroatoms. The average molecular weight is 262 g/mol. The summed E-state index contributed by atoms with van der Waals surface area (Å²) in [6, 6.07) is 6.40. The van der Waals surface area contributed by atoms with Gasteiger partial charge in [-0.2, -0.15) is 0 Å². The number of rotatable bonds is 1. The van der Waals surface area contributed by atoms with Crippen LogP contribution in [0.15, 0.2) is 45.2 Å². The van der Waals surface area contributed by atoms with Gasteiger partial charge in [-0.25, -0.2) is 9.38 Å². The highest BCUT2D eigenvalue weighted by Crippen LogP contribution is 2.35. The van der Waals surface area contributed by atoms with Crippen LogP contribution < -0.4 is 4.74 Å². The van der Waals surface area contributed by atoms with Gasteiger partial charge in [0.25, 0.3) is 0 Å². The van der Waals surface area contributed by atoms with Crippen LogP contribution in [0.4, 0.5) is 4.39 Å². The Labute approximate surface area is 108 Å². The largest absolute Gasteiger partial charge is 0.439 e. The molecular weight excluding hydrogens is 251 g/mol. The van der Waals surface area contributed by atoms with E-state index in [0.29, 0.717) is 5.90 Å². The fourth-order valence-corrected chi connectivity index (χ4v) is 3.07. The molecule has 0 saturated carbocycles. The molecule has 0 amide bonds. The van der Waals surface area contributed by atoms with Gasteiger partial charge in [-0.05, 0) is 30.0 Å². The van der Waals surface area contributed by atoms with E-state index in [0.717, 1.165) is 0 Å². The highest BCUT2D eigenvalue weighted by molar-refractivity contribution is 8.03. The second-order valence-electron chi connectivity index (χ2n) is 4.13. The third kappa shape index (κ3) is 1.95. The van der Waals surface area contributed by atoms with Gasteiger partial charge in [0.15, 0.2) is 11.6 Å². The molecule has 3 nitrogen and oxygen atoms in total. The average Bonchev–Trinajstić information content (AvgIpc) is 2.76. The van der Waals surface area contributed by atoms with E-state index in [2.05, 4.69) is 15.4 Å². The van der Waals surface area contributed by atoms with E-state index in [1.165, 1.54) is 18.0 Å². The summed E-state index contributed by atoms with van der Waals surface area (Å²) >= 11 is 1.61. The van der Waals surface area contributed by atoms with Crippen molar-refractivity contribution in [3.63, 3.8) is 0 Å². The molecule has 0 bridgehead atoms. The normalized spacial score (nSPS) is 25.4. The molecule has 1 aromatic carbocycles. The van der Waals surface area contributed by atoms with E-state index in [9.17, 15) is 4.39 Å². The van der Waals surface area contributed by atoms with Gasteiger partial charge >= 0.3 is 0 Å². The van der Waals surface area contributed by atoms with Gasteiger partial charge < -0.3 is 4.74 Å². The number of nitrogens with zero attached hydrogens (tertiary/aromatic N) is 2. The van der Waals surface area contributed by atoms with Gasteiger partial charge in [0.1, 0.15) is 11.6 Å². The summed E-state index contributed by atoms with van der Waals surface area (Å²) in [6.45, 7) is 2.03. The zero-order valence-electron chi connectivity index (χ0n) is 9.71. The molecule has 92 valence electrons. The van der Waals surface area contributed by atoms with Crippen molar-refractivity contribution < 1.29 is 9.13 Å². The highest BCUT2D eigenvalue weighted by atomic mass is 32.2. The number of para-hydroxylation sites is 1. The predicted molar refractivity (Wildman–Crippen MR) is 71.9 cm³/mol. The Morgan fingerprint density at radius 1 is 1.33 bits per heavy atom. The number of halogens is 1. The number of ether oxygens (including phenoxy) is 1. The van der Waals surface area contributed by atoms with Gasteiger partial charge in [-0.3, -0.25) is 4.99 Å². The van der Waals surface area contributed by atoms with Crippen molar-refractivity contribution in [3.8, 4) is 5.75 Å². The van der Waals surface area contributed by atoms with E-state index in [4.69, 9.17) is 4.74 Å². The van der Waals surface area contributed by atoms with Gasteiger partial charge in [0.05, 0.1) is 6.04 Å². The first-order valence-electron chi connectivity index (χ1n) is 5.59. The van der Waals surface area contributed by atoms with Crippen LogP contribution in [0.3, 0.4) is 0 Å². The Hall–Kier alpha value is -1.62. The topological polar surface area (TPSA) is 34.0 Å².